The van der Waals surface area contributed by atoms with Crippen molar-refractivity contribution in [1.29, 1.82) is 0 Å². The number of hydrogen-bond acceptors (Lipinski definition) is 12. The van der Waals surface area contributed by atoms with E-state index in [4.69, 9.17) is 27.9 Å². The van der Waals surface area contributed by atoms with Crippen LogP contribution in [-0.4, -0.2) is 82.4 Å². The summed E-state index contributed by atoms with van der Waals surface area (Å²) in [6.45, 7) is 2.16. The summed E-state index contributed by atoms with van der Waals surface area (Å²) in [6.07, 6.45) is -4.60. The zero-order chi connectivity index (χ0) is 33.0. The van der Waals surface area contributed by atoms with Gasteiger partial charge in [-0.3, -0.25) is 4.79 Å². The summed E-state index contributed by atoms with van der Waals surface area (Å²) in [6, 6.07) is 11.3. The number of benzene rings is 2. The highest BCUT2D eigenvalue weighted by Gasteiger charge is 2.34. The van der Waals surface area contributed by atoms with Crippen molar-refractivity contribution < 1.29 is 23.1 Å². The molecular formula is C30H40F3N11O2. The number of amides is 1. The van der Waals surface area contributed by atoms with Crippen molar-refractivity contribution in [1.82, 2.24) is 15.0 Å². The van der Waals surface area contributed by atoms with Crippen molar-refractivity contribution in [2.24, 2.45) is 22.9 Å². The number of nitrogens with two attached hydrogens (primary N) is 4. The molecule has 5 unspecified atom stereocenters. The van der Waals surface area contributed by atoms with E-state index in [1.54, 1.807) is 24.3 Å². The molecule has 0 aliphatic carbocycles. The van der Waals surface area contributed by atoms with Crippen LogP contribution in [0, 0.1) is 0 Å². The number of aliphatic hydroxyl groups excluding tert-OH is 1. The Morgan fingerprint density at radius 3 is 1.89 bits per heavy atom. The molecule has 0 saturated carbocycles. The van der Waals surface area contributed by atoms with Crippen LogP contribution in [-0.2, 0) is 17.4 Å². The number of nitrogens with zero attached hydrogens (tertiary/aromatic N) is 5. The minimum absolute atomic E-state index is 0.111. The molecule has 0 radical (unpaired) electrons. The van der Waals surface area contributed by atoms with Crippen molar-refractivity contribution in [3.8, 4) is 0 Å². The van der Waals surface area contributed by atoms with E-state index in [0.29, 0.717) is 68.1 Å². The molecule has 1 aromatic heterocycles. The summed E-state index contributed by atoms with van der Waals surface area (Å²) < 4.78 is 39.7. The van der Waals surface area contributed by atoms with Gasteiger partial charge in [0, 0.05) is 56.0 Å². The maximum absolute atomic E-state index is 13.2. The van der Waals surface area contributed by atoms with E-state index in [-0.39, 0.29) is 42.7 Å². The maximum atomic E-state index is 13.2. The number of aliphatic hydroxyl groups is 1. The van der Waals surface area contributed by atoms with Gasteiger partial charge in [-0.05, 0) is 49.1 Å². The van der Waals surface area contributed by atoms with Gasteiger partial charge in [-0.1, -0.05) is 24.3 Å². The Bertz CT molecular complexity index is 1430. The van der Waals surface area contributed by atoms with Crippen LogP contribution in [0.15, 0.2) is 48.5 Å². The van der Waals surface area contributed by atoms with Crippen molar-refractivity contribution in [3.05, 3.63) is 59.7 Å². The number of halogens is 3. The van der Waals surface area contributed by atoms with Crippen molar-refractivity contribution in [2.75, 3.05) is 46.6 Å². The molecule has 5 atom stereocenters. The largest absolute Gasteiger partial charge is 0.418 e. The molecule has 0 spiro atoms. The summed E-state index contributed by atoms with van der Waals surface area (Å²) in [7, 11) is 0. The summed E-state index contributed by atoms with van der Waals surface area (Å²) in [5, 5.41) is 16.0. The zero-order valence-electron chi connectivity index (χ0n) is 25.2. The Morgan fingerprint density at radius 2 is 1.37 bits per heavy atom. The lowest BCUT2D eigenvalue weighted by molar-refractivity contribution is -0.137. The van der Waals surface area contributed by atoms with Crippen molar-refractivity contribution >= 4 is 35.1 Å². The monoisotopic (exact) mass is 643 g/mol. The molecule has 2 aromatic carbocycles. The van der Waals surface area contributed by atoms with Crippen LogP contribution < -0.4 is 43.4 Å². The Balaban J connectivity index is 1.25. The fraction of sp³-hybridized carbons (Fsp3) is 0.467. The van der Waals surface area contributed by atoms with Crippen LogP contribution >= 0.6 is 0 Å². The molecule has 16 heteroatoms. The molecular weight excluding hydrogens is 603 g/mol. The van der Waals surface area contributed by atoms with Gasteiger partial charge in [0.25, 0.3) is 0 Å². The van der Waals surface area contributed by atoms with E-state index in [1.165, 1.54) is 18.2 Å². The van der Waals surface area contributed by atoms with Gasteiger partial charge in [-0.25, -0.2) is 0 Å². The van der Waals surface area contributed by atoms with Gasteiger partial charge in [-0.15, -0.1) is 0 Å². The van der Waals surface area contributed by atoms with Crippen LogP contribution in [0.25, 0.3) is 0 Å². The van der Waals surface area contributed by atoms with E-state index < -0.39 is 23.8 Å². The van der Waals surface area contributed by atoms with Crippen LogP contribution in [0.2, 0.25) is 0 Å². The molecule has 1 amide bonds. The molecule has 3 aromatic rings. The predicted octanol–water partition coefficient (Wildman–Crippen LogP) is 1.30. The van der Waals surface area contributed by atoms with Gasteiger partial charge in [-0.2, -0.15) is 28.1 Å². The van der Waals surface area contributed by atoms with Crippen molar-refractivity contribution in [2.45, 2.75) is 62.1 Å². The lowest BCUT2D eigenvalue weighted by Gasteiger charge is -2.37. The van der Waals surface area contributed by atoms with Crippen molar-refractivity contribution in [3.63, 3.8) is 0 Å². The first-order valence-electron chi connectivity index (χ1n) is 15.1. The van der Waals surface area contributed by atoms with Gasteiger partial charge in [0.1, 0.15) is 0 Å². The Morgan fingerprint density at radius 1 is 0.848 bits per heavy atom. The topological polar surface area (TPSA) is 211 Å². The molecule has 2 aliphatic heterocycles. The summed E-state index contributed by atoms with van der Waals surface area (Å²) >= 11 is 0. The smallest absolute Gasteiger partial charge is 0.392 e. The normalized spacial score (nSPS) is 22.8. The van der Waals surface area contributed by atoms with E-state index in [9.17, 15) is 23.1 Å². The van der Waals surface area contributed by atoms with Crippen LogP contribution in [0.3, 0.4) is 0 Å². The highest BCUT2D eigenvalue weighted by molar-refractivity contribution is 5.92. The van der Waals surface area contributed by atoms with Gasteiger partial charge in [0.15, 0.2) is 0 Å². The predicted molar refractivity (Wildman–Crippen MR) is 170 cm³/mol. The van der Waals surface area contributed by atoms with Gasteiger partial charge in [0.05, 0.1) is 23.8 Å². The molecule has 2 aliphatic rings. The first-order chi connectivity index (χ1) is 21.8. The number of hydrogen-bond donors (Lipinski definition) is 7. The van der Waals surface area contributed by atoms with Gasteiger partial charge >= 0.3 is 6.18 Å². The minimum Gasteiger partial charge on any atom is -0.392 e. The number of carbonyl (C=O) groups is 1. The van der Waals surface area contributed by atoms with E-state index in [1.807, 2.05) is 9.80 Å². The number of aromatic nitrogens is 3. The average molecular weight is 644 g/mol. The Kier molecular flexibility index (Phi) is 10.2. The third kappa shape index (κ3) is 8.79. The summed E-state index contributed by atoms with van der Waals surface area (Å²) in [5.74, 6) is 0.433. The molecule has 0 bridgehead atoms. The van der Waals surface area contributed by atoms with E-state index in [0.717, 1.165) is 6.07 Å². The van der Waals surface area contributed by atoms with Crippen LogP contribution in [0.4, 0.5) is 42.4 Å². The molecule has 3 heterocycles. The first-order valence-corrected chi connectivity index (χ1v) is 15.1. The number of anilines is 5. The maximum Gasteiger partial charge on any atom is 0.418 e. The summed E-state index contributed by atoms with van der Waals surface area (Å²) in [5.41, 5.74) is 25.0. The van der Waals surface area contributed by atoms with Crippen LogP contribution in [0.1, 0.15) is 30.4 Å². The fourth-order valence-corrected chi connectivity index (χ4v) is 5.83. The van der Waals surface area contributed by atoms with Gasteiger partial charge < -0.3 is 48.5 Å². The highest BCUT2D eigenvalue weighted by Crippen LogP contribution is 2.34. The second-order valence-corrected chi connectivity index (χ2v) is 12.1. The second-order valence-electron chi connectivity index (χ2n) is 12.1. The summed E-state index contributed by atoms with van der Waals surface area (Å²) in [4.78, 5) is 30.3. The highest BCUT2D eigenvalue weighted by atomic mass is 19.4. The molecule has 2 saturated heterocycles. The number of nitrogens with one attached hydrogen (secondary N) is 2. The molecule has 248 valence electrons. The zero-order valence-corrected chi connectivity index (χ0v) is 25.2. The second kappa shape index (κ2) is 14.1. The molecule has 13 nitrogen and oxygen atoms in total. The number of rotatable bonds is 9. The Labute approximate surface area is 264 Å². The lowest BCUT2D eigenvalue weighted by atomic mass is 10.0. The first kappa shape index (κ1) is 33.3. The number of para-hydroxylation sites is 1. The molecule has 11 N–H and O–H groups in total. The van der Waals surface area contributed by atoms with Crippen LogP contribution in [0.5, 0.6) is 0 Å². The quantitative estimate of drug-likeness (QED) is 0.176. The lowest BCUT2D eigenvalue weighted by Crippen LogP contribution is -2.54. The molecule has 5 rings (SSSR count). The SMILES string of the molecule is NC1CC(N)CN(c2nc(Nc3ccc(CC(O)CC(=O)Nc4ccccc4C(F)(F)F)cc3)nc(N3CC(N)CC(N)C3)n2)C1. The Hall–Kier alpha value is -4.09. The number of carbonyl (C=O) groups excluding carboxylic acids is 1. The third-order valence-electron chi connectivity index (χ3n) is 7.82. The number of alkyl halides is 3. The third-order valence-corrected chi connectivity index (χ3v) is 7.82. The molecule has 46 heavy (non-hydrogen) atoms. The average Bonchev–Trinajstić information content (AvgIpc) is 2.96. The number of piperidine rings is 2. The fourth-order valence-electron chi connectivity index (χ4n) is 5.83. The van der Waals surface area contributed by atoms with E-state index >= 15 is 0 Å². The minimum atomic E-state index is -4.62. The van der Waals surface area contributed by atoms with Gasteiger partial charge in [0.2, 0.25) is 23.8 Å². The molecule has 2 fully saturated rings. The van der Waals surface area contributed by atoms with E-state index in [2.05, 4.69) is 20.6 Å². The standard InChI is InChI=1S/C30H40F3N11O2/c31-30(32,33)24-3-1-2-4-25(24)39-26(46)12-23(45)9-17-5-7-22(8-6-17)38-27-40-28(43-13-18(34)10-19(35)14-43)42-29(41-27)44-15-20(36)11-21(37)16-44/h1-8,18-21,23,45H,9-16,34-37H2,(H,39,46)(H,38,40,41,42).